The summed E-state index contributed by atoms with van der Waals surface area (Å²) in [6.07, 6.45) is 0.979. The Hall–Kier alpha value is -0.770. The molecular weight excluding hydrogens is 307 g/mol. The van der Waals surface area contributed by atoms with E-state index in [2.05, 4.69) is 5.32 Å². The molecule has 0 bridgehead atoms. The van der Waals surface area contributed by atoms with Crippen molar-refractivity contribution < 1.29 is 4.79 Å². The van der Waals surface area contributed by atoms with Crippen LogP contribution in [-0.2, 0) is 11.3 Å². The van der Waals surface area contributed by atoms with Gasteiger partial charge in [0.2, 0.25) is 5.91 Å². The maximum atomic E-state index is 12.8. The second-order valence-corrected chi connectivity index (χ2v) is 7.41. The van der Waals surface area contributed by atoms with Gasteiger partial charge in [0.1, 0.15) is 0 Å². The fraction of sp³-hybridized carbons (Fsp3) is 0.562. The van der Waals surface area contributed by atoms with Gasteiger partial charge in [0.15, 0.2) is 0 Å². The minimum atomic E-state index is -0.401. The summed E-state index contributed by atoms with van der Waals surface area (Å²) in [6.45, 7) is 8.18. The van der Waals surface area contributed by atoms with Gasteiger partial charge >= 0.3 is 0 Å². The molecule has 21 heavy (non-hydrogen) atoms. The van der Waals surface area contributed by atoms with Gasteiger partial charge in [-0.2, -0.15) is 0 Å². The number of carbonyl (C=O) groups is 1. The zero-order valence-electron chi connectivity index (χ0n) is 12.7. The zero-order chi connectivity index (χ0) is 15.6. The van der Waals surface area contributed by atoms with E-state index < -0.39 is 5.41 Å². The average molecular weight is 329 g/mol. The molecule has 1 heterocycles. The minimum absolute atomic E-state index is 0.155. The third-order valence-corrected chi connectivity index (χ3v) is 4.32. The van der Waals surface area contributed by atoms with E-state index in [1.54, 1.807) is 6.07 Å². The molecule has 1 aromatic carbocycles. The van der Waals surface area contributed by atoms with E-state index in [4.69, 9.17) is 23.2 Å². The molecule has 1 aliphatic heterocycles. The number of amides is 1. The highest BCUT2D eigenvalue weighted by Crippen LogP contribution is 2.27. The molecule has 1 atom stereocenters. The van der Waals surface area contributed by atoms with Crippen LogP contribution in [0.25, 0.3) is 0 Å². The average Bonchev–Trinajstić information content (AvgIpc) is 2.90. The molecule has 1 saturated heterocycles. The highest BCUT2D eigenvalue weighted by molar-refractivity contribution is 6.35. The molecule has 2 rings (SSSR count). The molecule has 1 amide bonds. The van der Waals surface area contributed by atoms with Crippen molar-refractivity contribution in [3.05, 3.63) is 33.8 Å². The van der Waals surface area contributed by atoms with Crippen LogP contribution in [0.1, 0.15) is 32.8 Å². The van der Waals surface area contributed by atoms with E-state index >= 15 is 0 Å². The zero-order valence-corrected chi connectivity index (χ0v) is 14.3. The van der Waals surface area contributed by atoms with Gasteiger partial charge in [-0.05, 0) is 30.7 Å². The molecular formula is C16H22Cl2N2O. The van der Waals surface area contributed by atoms with Gasteiger partial charge in [0.25, 0.3) is 0 Å². The van der Waals surface area contributed by atoms with Crippen LogP contribution in [0.5, 0.6) is 0 Å². The quantitative estimate of drug-likeness (QED) is 0.916. The largest absolute Gasteiger partial charge is 0.334 e. The number of nitrogens with one attached hydrogen (secondary N) is 1. The van der Waals surface area contributed by atoms with Crippen molar-refractivity contribution in [2.75, 3.05) is 13.1 Å². The van der Waals surface area contributed by atoms with E-state index in [1.807, 2.05) is 37.8 Å². The van der Waals surface area contributed by atoms with Crippen LogP contribution in [0, 0.1) is 5.41 Å². The molecule has 1 aliphatic rings. The second-order valence-electron chi connectivity index (χ2n) is 6.57. The number of hydrogen-bond donors (Lipinski definition) is 1. The van der Waals surface area contributed by atoms with E-state index in [0.717, 1.165) is 25.1 Å². The van der Waals surface area contributed by atoms with Crippen molar-refractivity contribution in [1.29, 1.82) is 0 Å². The summed E-state index contributed by atoms with van der Waals surface area (Å²) in [5, 5.41) is 4.54. The Morgan fingerprint density at radius 1 is 1.38 bits per heavy atom. The normalized spacial score (nSPS) is 18.8. The Morgan fingerprint density at radius 3 is 2.62 bits per heavy atom. The fourth-order valence-electron chi connectivity index (χ4n) is 2.54. The van der Waals surface area contributed by atoms with E-state index in [9.17, 15) is 4.79 Å². The molecule has 5 heteroatoms. The van der Waals surface area contributed by atoms with Crippen molar-refractivity contribution in [2.24, 2.45) is 5.41 Å². The van der Waals surface area contributed by atoms with Crippen LogP contribution in [0.15, 0.2) is 18.2 Å². The van der Waals surface area contributed by atoms with Crippen LogP contribution < -0.4 is 5.32 Å². The summed E-state index contributed by atoms with van der Waals surface area (Å²) in [5.74, 6) is 0.155. The predicted octanol–water partition coefficient (Wildman–Crippen LogP) is 3.73. The monoisotopic (exact) mass is 328 g/mol. The summed E-state index contributed by atoms with van der Waals surface area (Å²) in [5.41, 5.74) is 0.534. The molecule has 1 N–H and O–H groups in total. The number of hydrogen-bond acceptors (Lipinski definition) is 2. The summed E-state index contributed by atoms with van der Waals surface area (Å²) < 4.78 is 0. The first-order chi connectivity index (χ1) is 9.79. The molecule has 0 aliphatic carbocycles. The van der Waals surface area contributed by atoms with Gasteiger partial charge in [-0.3, -0.25) is 4.79 Å². The lowest BCUT2D eigenvalue weighted by Gasteiger charge is -2.34. The van der Waals surface area contributed by atoms with Gasteiger partial charge in [0.05, 0.1) is 0 Å². The van der Waals surface area contributed by atoms with Crippen LogP contribution in [0.4, 0.5) is 0 Å². The lowest BCUT2D eigenvalue weighted by Crippen LogP contribution is -2.46. The summed E-state index contributed by atoms with van der Waals surface area (Å²) in [7, 11) is 0. The highest BCUT2D eigenvalue weighted by Gasteiger charge is 2.33. The van der Waals surface area contributed by atoms with Crippen LogP contribution in [-0.4, -0.2) is 29.9 Å². The number of nitrogens with zero attached hydrogens (tertiary/aromatic N) is 1. The van der Waals surface area contributed by atoms with Crippen molar-refractivity contribution in [3.8, 4) is 0 Å². The van der Waals surface area contributed by atoms with Gasteiger partial charge in [-0.1, -0.05) is 50.0 Å². The van der Waals surface area contributed by atoms with Crippen molar-refractivity contribution in [3.63, 3.8) is 0 Å². The van der Waals surface area contributed by atoms with Crippen LogP contribution >= 0.6 is 23.2 Å². The van der Waals surface area contributed by atoms with E-state index in [1.165, 1.54) is 0 Å². The molecule has 0 radical (unpaired) electrons. The minimum Gasteiger partial charge on any atom is -0.334 e. The van der Waals surface area contributed by atoms with E-state index in [0.29, 0.717) is 16.6 Å². The SMILES string of the molecule is CC(C)(C)C(=O)N(Cc1ccc(Cl)cc1Cl)[C@H]1CCNC1. The Labute approximate surface area is 136 Å². The predicted molar refractivity (Wildman–Crippen MR) is 87.7 cm³/mol. The fourth-order valence-corrected chi connectivity index (χ4v) is 3.00. The smallest absolute Gasteiger partial charge is 0.228 e. The maximum absolute atomic E-state index is 12.8. The van der Waals surface area contributed by atoms with Crippen molar-refractivity contribution in [2.45, 2.75) is 39.8 Å². The number of halogens is 2. The van der Waals surface area contributed by atoms with Crippen LogP contribution in [0.2, 0.25) is 10.0 Å². The summed E-state index contributed by atoms with van der Waals surface area (Å²) in [4.78, 5) is 14.7. The standard InChI is InChI=1S/C16H22Cl2N2O/c1-16(2,3)15(21)20(13-6-7-19-9-13)10-11-4-5-12(17)8-14(11)18/h4-5,8,13,19H,6-7,9-10H2,1-3H3/t13-/m0/s1. The summed E-state index contributed by atoms with van der Waals surface area (Å²) in [6, 6.07) is 5.67. The molecule has 1 aromatic rings. The van der Waals surface area contributed by atoms with Gasteiger partial charge in [-0.15, -0.1) is 0 Å². The molecule has 0 spiro atoms. The Morgan fingerprint density at radius 2 is 2.10 bits per heavy atom. The Bertz CT molecular complexity index is 519. The van der Waals surface area contributed by atoms with Gasteiger partial charge in [0, 0.05) is 34.6 Å². The Kier molecular flexibility index (Phi) is 5.18. The highest BCUT2D eigenvalue weighted by atomic mass is 35.5. The topological polar surface area (TPSA) is 32.3 Å². The van der Waals surface area contributed by atoms with Gasteiger partial charge in [-0.25, -0.2) is 0 Å². The molecule has 116 valence electrons. The molecule has 0 unspecified atom stereocenters. The number of carbonyl (C=O) groups excluding carboxylic acids is 1. The van der Waals surface area contributed by atoms with Crippen LogP contribution in [0.3, 0.4) is 0 Å². The number of benzene rings is 1. The molecule has 0 aromatic heterocycles. The van der Waals surface area contributed by atoms with Gasteiger partial charge < -0.3 is 10.2 Å². The number of rotatable bonds is 3. The lowest BCUT2D eigenvalue weighted by atomic mass is 9.93. The molecule has 3 nitrogen and oxygen atoms in total. The van der Waals surface area contributed by atoms with E-state index in [-0.39, 0.29) is 11.9 Å². The second kappa shape index (κ2) is 6.55. The van der Waals surface area contributed by atoms with Crippen molar-refractivity contribution in [1.82, 2.24) is 10.2 Å². The molecule has 0 saturated carbocycles. The third-order valence-electron chi connectivity index (χ3n) is 3.73. The first-order valence-electron chi connectivity index (χ1n) is 7.25. The van der Waals surface area contributed by atoms with Crippen molar-refractivity contribution >= 4 is 29.1 Å². The first kappa shape index (κ1) is 16.6. The third kappa shape index (κ3) is 4.12. The lowest BCUT2D eigenvalue weighted by molar-refractivity contribution is -0.142. The summed E-state index contributed by atoms with van der Waals surface area (Å²) >= 11 is 12.2. The first-order valence-corrected chi connectivity index (χ1v) is 8.00. The maximum Gasteiger partial charge on any atom is 0.228 e. The molecule has 1 fully saturated rings. The Balaban J connectivity index is 2.25.